The normalized spacial score (nSPS) is 12.8. The average molecular weight is 289 g/mol. The molecule has 0 saturated heterocycles. The first-order valence-electron chi connectivity index (χ1n) is 5.85. The van der Waals surface area contributed by atoms with Crippen molar-refractivity contribution in [3.8, 4) is 0 Å². The standard InChI is InChI=1S/C13H14F3NO3/c1-8-6-9(2-4-10(8)13(14,15)16)3-5-11(12(19)20)17-7-18/h2,4,6-7,11H,3,5H2,1H3,(H,17,18)(H,19,20)/t11-/m0/s1. The molecule has 0 aromatic heterocycles. The molecule has 0 radical (unpaired) electrons. The summed E-state index contributed by atoms with van der Waals surface area (Å²) in [6.45, 7) is 1.35. The van der Waals surface area contributed by atoms with E-state index >= 15 is 0 Å². The summed E-state index contributed by atoms with van der Waals surface area (Å²) in [4.78, 5) is 21.0. The van der Waals surface area contributed by atoms with Crippen LogP contribution in [0, 0.1) is 6.92 Å². The van der Waals surface area contributed by atoms with Gasteiger partial charge in [0.05, 0.1) is 5.56 Å². The fourth-order valence-electron chi connectivity index (χ4n) is 1.87. The lowest BCUT2D eigenvalue weighted by Gasteiger charge is -2.13. The van der Waals surface area contributed by atoms with Crippen molar-refractivity contribution in [3.63, 3.8) is 0 Å². The highest BCUT2D eigenvalue weighted by Gasteiger charge is 2.32. The summed E-state index contributed by atoms with van der Waals surface area (Å²) >= 11 is 0. The maximum atomic E-state index is 12.6. The maximum absolute atomic E-state index is 12.6. The molecule has 2 N–H and O–H groups in total. The van der Waals surface area contributed by atoms with Crippen LogP contribution in [-0.4, -0.2) is 23.5 Å². The van der Waals surface area contributed by atoms with E-state index in [1.807, 2.05) is 0 Å². The summed E-state index contributed by atoms with van der Waals surface area (Å²) in [7, 11) is 0. The Morgan fingerprint density at radius 2 is 2.10 bits per heavy atom. The number of rotatable bonds is 6. The highest BCUT2D eigenvalue weighted by atomic mass is 19.4. The highest BCUT2D eigenvalue weighted by Crippen LogP contribution is 2.32. The molecule has 0 aliphatic heterocycles. The number of nitrogens with one attached hydrogen (secondary N) is 1. The summed E-state index contributed by atoms with van der Waals surface area (Å²) in [5, 5.41) is 11.0. The Bertz CT molecular complexity index is 500. The van der Waals surface area contributed by atoms with Crippen LogP contribution < -0.4 is 5.32 Å². The van der Waals surface area contributed by atoms with Gasteiger partial charge in [-0.3, -0.25) is 4.79 Å². The van der Waals surface area contributed by atoms with Crippen LogP contribution in [0.5, 0.6) is 0 Å². The average Bonchev–Trinajstić information content (AvgIpc) is 2.32. The van der Waals surface area contributed by atoms with Gasteiger partial charge in [-0.2, -0.15) is 13.2 Å². The molecule has 0 aliphatic carbocycles. The molecule has 1 amide bonds. The van der Waals surface area contributed by atoms with Crippen LogP contribution in [0.3, 0.4) is 0 Å². The molecular formula is C13H14F3NO3. The number of hydrogen-bond donors (Lipinski definition) is 2. The van der Waals surface area contributed by atoms with Crippen molar-refractivity contribution in [1.29, 1.82) is 0 Å². The van der Waals surface area contributed by atoms with E-state index in [1.54, 1.807) is 0 Å². The number of halogens is 3. The highest BCUT2D eigenvalue weighted by molar-refractivity contribution is 5.76. The van der Waals surface area contributed by atoms with Crippen LogP contribution in [0.2, 0.25) is 0 Å². The molecule has 0 fully saturated rings. The van der Waals surface area contributed by atoms with Gasteiger partial charge in [0.1, 0.15) is 6.04 Å². The molecule has 0 unspecified atom stereocenters. The lowest BCUT2D eigenvalue weighted by atomic mass is 10.00. The molecule has 7 heteroatoms. The summed E-state index contributed by atoms with van der Waals surface area (Å²) < 4.78 is 37.7. The van der Waals surface area contributed by atoms with Crippen LogP contribution in [0.1, 0.15) is 23.1 Å². The van der Waals surface area contributed by atoms with Crippen molar-refractivity contribution in [2.24, 2.45) is 0 Å². The van der Waals surface area contributed by atoms with Gasteiger partial charge < -0.3 is 10.4 Å². The van der Waals surface area contributed by atoms with Gasteiger partial charge in [0, 0.05) is 0 Å². The van der Waals surface area contributed by atoms with E-state index in [-0.39, 0.29) is 24.8 Å². The predicted molar refractivity (Wildman–Crippen MR) is 65.1 cm³/mol. The summed E-state index contributed by atoms with van der Waals surface area (Å²) in [6.07, 6.45) is -3.74. The molecule has 0 aliphatic rings. The number of aryl methyl sites for hydroxylation is 2. The Hall–Kier alpha value is -2.05. The third-order valence-corrected chi connectivity index (χ3v) is 2.89. The molecule has 1 atom stereocenters. The topological polar surface area (TPSA) is 66.4 Å². The first kappa shape index (κ1) is 16.0. The Labute approximate surface area is 113 Å². The molecule has 0 spiro atoms. The van der Waals surface area contributed by atoms with Crippen LogP contribution in [0.4, 0.5) is 13.2 Å². The minimum absolute atomic E-state index is 0.0882. The number of carbonyl (C=O) groups is 2. The molecule has 0 bridgehead atoms. The number of carboxylic acid groups (broad SMARTS) is 1. The zero-order chi connectivity index (χ0) is 15.3. The number of aliphatic carboxylic acids is 1. The lowest BCUT2D eigenvalue weighted by molar-refractivity contribution is -0.140. The predicted octanol–water partition coefficient (Wildman–Crippen LogP) is 2.15. The molecule has 1 aromatic rings. The molecule has 4 nitrogen and oxygen atoms in total. The third kappa shape index (κ3) is 4.25. The number of hydrogen-bond acceptors (Lipinski definition) is 2. The monoisotopic (exact) mass is 289 g/mol. The van der Waals surface area contributed by atoms with Crippen molar-refractivity contribution in [2.45, 2.75) is 32.0 Å². The van der Waals surface area contributed by atoms with Gasteiger partial charge in [-0.1, -0.05) is 12.1 Å². The van der Waals surface area contributed by atoms with E-state index < -0.39 is 23.8 Å². The minimum atomic E-state index is -4.40. The Morgan fingerprint density at radius 1 is 1.45 bits per heavy atom. The van der Waals surface area contributed by atoms with Crippen molar-refractivity contribution in [2.75, 3.05) is 0 Å². The van der Waals surface area contributed by atoms with E-state index in [0.29, 0.717) is 5.56 Å². The fourth-order valence-corrected chi connectivity index (χ4v) is 1.87. The van der Waals surface area contributed by atoms with Gasteiger partial charge in [-0.25, -0.2) is 4.79 Å². The van der Waals surface area contributed by atoms with Gasteiger partial charge in [-0.15, -0.1) is 0 Å². The number of benzene rings is 1. The number of carboxylic acids is 1. The van der Waals surface area contributed by atoms with E-state index in [0.717, 1.165) is 6.07 Å². The van der Waals surface area contributed by atoms with Crippen molar-refractivity contribution in [3.05, 3.63) is 34.9 Å². The first-order chi connectivity index (χ1) is 9.25. The summed E-state index contributed by atoms with van der Waals surface area (Å²) in [6, 6.07) is 2.63. The van der Waals surface area contributed by atoms with Gasteiger partial charge >= 0.3 is 12.1 Å². The Balaban J connectivity index is 2.77. The molecule has 110 valence electrons. The van der Waals surface area contributed by atoms with Gasteiger partial charge in [0.25, 0.3) is 0 Å². The number of carbonyl (C=O) groups excluding carboxylic acids is 1. The second kappa shape index (κ2) is 6.40. The Morgan fingerprint density at radius 3 is 2.55 bits per heavy atom. The molecule has 0 heterocycles. The summed E-state index contributed by atoms with van der Waals surface area (Å²) in [5.74, 6) is -1.18. The Kier molecular flexibility index (Phi) is 5.12. The second-order valence-corrected chi connectivity index (χ2v) is 4.36. The molecule has 1 aromatic carbocycles. The maximum Gasteiger partial charge on any atom is 0.416 e. The fraction of sp³-hybridized carbons (Fsp3) is 0.385. The smallest absolute Gasteiger partial charge is 0.416 e. The van der Waals surface area contributed by atoms with Crippen LogP contribution >= 0.6 is 0 Å². The van der Waals surface area contributed by atoms with Gasteiger partial charge in [0.15, 0.2) is 0 Å². The summed E-state index contributed by atoms with van der Waals surface area (Å²) in [5.41, 5.74) is -0.0262. The molecule has 20 heavy (non-hydrogen) atoms. The quantitative estimate of drug-likeness (QED) is 0.789. The lowest BCUT2D eigenvalue weighted by Crippen LogP contribution is -2.36. The number of amides is 1. The molecule has 1 rings (SSSR count). The third-order valence-electron chi connectivity index (χ3n) is 2.89. The molecule has 0 saturated carbocycles. The van der Waals surface area contributed by atoms with Crippen molar-refractivity contribution < 1.29 is 27.9 Å². The van der Waals surface area contributed by atoms with Gasteiger partial charge in [-0.05, 0) is 37.0 Å². The SMILES string of the molecule is Cc1cc(CC[C@H](NC=O)C(=O)O)ccc1C(F)(F)F. The van der Waals surface area contributed by atoms with E-state index in [2.05, 4.69) is 5.32 Å². The van der Waals surface area contributed by atoms with E-state index in [4.69, 9.17) is 5.11 Å². The minimum Gasteiger partial charge on any atom is -0.480 e. The zero-order valence-corrected chi connectivity index (χ0v) is 10.7. The zero-order valence-electron chi connectivity index (χ0n) is 10.7. The van der Waals surface area contributed by atoms with E-state index in [9.17, 15) is 22.8 Å². The largest absolute Gasteiger partial charge is 0.480 e. The van der Waals surface area contributed by atoms with E-state index in [1.165, 1.54) is 19.1 Å². The van der Waals surface area contributed by atoms with Crippen LogP contribution in [-0.2, 0) is 22.2 Å². The van der Waals surface area contributed by atoms with Crippen LogP contribution in [0.25, 0.3) is 0 Å². The second-order valence-electron chi connectivity index (χ2n) is 4.36. The van der Waals surface area contributed by atoms with Crippen molar-refractivity contribution in [1.82, 2.24) is 5.32 Å². The van der Waals surface area contributed by atoms with Gasteiger partial charge in [0.2, 0.25) is 6.41 Å². The number of alkyl halides is 3. The first-order valence-corrected chi connectivity index (χ1v) is 5.85. The van der Waals surface area contributed by atoms with Crippen molar-refractivity contribution >= 4 is 12.4 Å². The van der Waals surface area contributed by atoms with Crippen LogP contribution in [0.15, 0.2) is 18.2 Å². The molecular weight excluding hydrogens is 275 g/mol.